The molecule has 2 rings (SSSR count). The van der Waals surface area contributed by atoms with Crippen LogP contribution >= 0.6 is 0 Å². The molecule has 3 unspecified atom stereocenters. The maximum Gasteiger partial charge on any atom is 0.310 e. The summed E-state index contributed by atoms with van der Waals surface area (Å²) >= 11 is 0. The molecule has 1 aromatic carbocycles. The molecule has 0 spiro atoms. The predicted octanol–water partition coefficient (Wildman–Crippen LogP) is 1.79. The standard InChI is InChI=1S/C15H21NO4/c1-10(11-5-4-6-12(7-11)19-3)16(2)14-9-20-8-13(14)15(17)18/h4-7,10,13-14H,8-9H2,1-3H3,(H,17,18). The van der Waals surface area contributed by atoms with Crippen LogP contribution in [0.2, 0.25) is 0 Å². The minimum atomic E-state index is -0.794. The van der Waals surface area contributed by atoms with Crippen molar-refractivity contribution in [2.24, 2.45) is 5.92 Å². The summed E-state index contributed by atoms with van der Waals surface area (Å²) in [6.07, 6.45) is 0. The minimum Gasteiger partial charge on any atom is -0.497 e. The molecule has 0 radical (unpaired) electrons. The highest BCUT2D eigenvalue weighted by molar-refractivity contribution is 5.71. The topological polar surface area (TPSA) is 59.0 Å². The number of likely N-dealkylation sites (N-methyl/N-ethyl adjacent to an activating group) is 1. The molecule has 0 bridgehead atoms. The smallest absolute Gasteiger partial charge is 0.310 e. The van der Waals surface area contributed by atoms with E-state index in [9.17, 15) is 9.90 Å². The third-order valence-electron chi connectivity index (χ3n) is 4.08. The van der Waals surface area contributed by atoms with E-state index < -0.39 is 11.9 Å². The Kier molecular flexibility index (Phi) is 4.62. The molecule has 1 aliphatic heterocycles. The largest absolute Gasteiger partial charge is 0.497 e. The molecular weight excluding hydrogens is 258 g/mol. The van der Waals surface area contributed by atoms with Crippen LogP contribution in [0.15, 0.2) is 24.3 Å². The third kappa shape index (κ3) is 2.94. The number of hydrogen-bond donors (Lipinski definition) is 1. The second-order valence-electron chi connectivity index (χ2n) is 5.17. The van der Waals surface area contributed by atoms with E-state index in [1.807, 2.05) is 31.3 Å². The number of nitrogens with zero attached hydrogens (tertiary/aromatic N) is 1. The Morgan fingerprint density at radius 1 is 1.50 bits per heavy atom. The zero-order chi connectivity index (χ0) is 14.7. The van der Waals surface area contributed by atoms with E-state index in [0.29, 0.717) is 6.61 Å². The summed E-state index contributed by atoms with van der Waals surface area (Å²) in [6.45, 7) is 2.81. The zero-order valence-corrected chi connectivity index (χ0v) is 12.1. The van der Waals surface area contributed by atoms with Crippen molar-refractivity contribution in [2.75, 3.05) is 27.4 Å². The number of aliphatic carboxylic acids is 1. The summed E-state index contributed by atoms with van der Waals surface area (Å²) < 4.78 is 10.6. The van der Waals surface area contributed by atoms with E-state index in [4.69, 9.17) is 9.47 Å². The molecule has 1 aliphatic rings. The first kappa shape index (κ1) is 14.8. The van der Waals surface area contributed by atoms with Crippen molar-refractivity contribution < 1.29 is 19.4 Å². The van der Waals surface area contributed by atoms with Gasteiger partial charge in [-0.15, -0.1) is 0 Å². The van der Waals surface area contributed by atoms with Gasteiger partial charge in [0.15, 0.2) is 0 Å². The zero-order valence-electron chi connectivity index (χ0n) is 12.1. The van der Waals surface area contributed by atoms with E-state index in [1.54, 1.807) is 7.11 Å². The number of benzene rings is 1. The highest BCUT2D eigenvalue weighted by Crippen LogP contribution is 2.29. The lowest BCUT2D eigenvalue weighted by Crippen LogP contribution is -2.42. The molecule has 3 atom stereocenters. The Balaban J connectivity index is 2.15. The van der Waals surface area contributed by atoms with Gasteiger partial charge >= 0.3 is 5.97 Å². The second kappa shape index (κ2) is 6.24. The molecule has 0 saturated carbocycles. The molecule has 110 valence electrons. The molecule has 1 fully saturated rings. The van der Waals surface area contributed by atoms with Gasteiger partial charge in [0.25, 0.3) is 0 Å². The first-order valence-electron chi connectivity index (χ1n) is 6.71. The molecule has 0 amide bonds. The van der Waals surface area contributed by atoms with Gasteiger partial charge < -0.3 is 14.6 Å². The van der Waals surface area contributed by atoms with Crippen LogP contribution in [-0.2, 0) is 9.53 Å². The van der Waals surface area contributed by atoms with Crippen LogP contribution in [-0.4, -0.2) is 49.4 Å². The van der Waals surface area contributed by atoms with Crippen LogP contribution < -0.4 is 4.74 Å². The monoisotopic (exact) mass is 279 g/mol. The number of hydrogen-bond acceptors (Lipinski definition) is 4. The summed E-state index contributed by atoms with van der Waals surface area (Å²) in [5.41, 5.74) is 1.10. The number of carboxylic acid groups (broad SMARTS) is 1. The predicted molar refractivity (Wildman–Crippen MR) is 74.9 cm³/mol. The van der Waals surface area contributed by atoms with Crippen molar-refractivity contribution in [3.8, 4) is 5.75 Å². The Labute approximate surface area is 119 Å². The minimum absolute atomic E-state index is 0.0960. The number of methoxy groups -OCH3 is 1. The molecule has 20 heavy (non-hydrogen) atoms. The second-order valence-corrected chi connectivity index (χ2v) is 5.17. The summed E-state index contributed by atoms with van der Waals surface area (Å²) in [4.78, 5) is 13.3. The van der Waals surface area contributed by atoms with Gasteiger partial charge in [0, 0.05) is 12.1 Å². The van der Waals surface area contributed by atoms with Gasteiger partial charge in [0.2, 0.25) is 0 Å². The molecule has 1 aromatic rings. The highest BCUT2D eigenvalue weighted by atomic mass is 16.5. The summed E-state index contributed by atoms with van der Waals surface area (Å²) in [7, 11) is 3.58. The fourth-order valence-electron chi connectivity index (χ4n) is 2.60. The maximum absolute atomic E-state index is 11.2. The van der Waals surface area contributed by atoms with E-state index in [0.717, 1.165) is 11.3 Å². The van der Waals surface area contributed by atoms with Crippen LogP contribution in [0.3, 0.4) is 0 Å². The van der Waals surface area contributed by atoms with Crippen molar-refractivity contribution in [1.29, 1.82) is 0 Å². The van der Waals surface area contributed by atoms with Gasteiger partial charge in [0.05, 0.1) is 26.2 Å². The molecule has 5 heteroatoms. The van der Waals surface area contributed by atoms with Crippen molar-refractivity contribution in [3.63, 3.8) is 0 Å². The fourth-order valence-corrected chi connectivity index (χ4v) is 2.60. The molecular formula is C15H21NO4. The molecule has 0 aliphatic carbocycles. The van der Waals surface area contributed by atoms with Gasteiger partial charge in [-0.3, -0.25) is 9.69 Å². The number of ether oxygens (including phenoxy) is 2. The van der Waals surface area contributed by atoms with Gasteiger partial charge in [-0.2, -0.15) is 0 Å². The molecule has 1 N–H and O–H groups in total. The molecule has 1 heterocycles. The summed E-state index contributed by atoms with van der Waals surface area (Å²) in [5, 5.41) is 9.24. The van der Waals surface area contributed by atoms with Crippen molar-refractivity contribution in [2.45, 2.75) is 19.0 Å². The molecule has 5 nitrogen and oxygen atoms in total. The lowest BCUT2D eigenvalue weighted by atomic mass is 9.99. The number of carbonyl (C=O) groups is 1. The van der Waals surface area contributed by atoms with Gasteiger partial charge in [-0.05, 0) is 31.7 Å². The maximum atomic E-state index is 11.2. The van der Waals surface area contributed by atoms with Crippen LogP contribution in [0.1, 0.15) is 18.5 Å². The highest BCUT2D eigenvalue weighted by Gasteiger charge is 2.38. The number of rotatable bonds is 5. The average molecular weight is 279 g/mol. The third-order valence-corrected chi connectivity index (χ3v) is 4.08. The van der Waals surface area contributed by atoms with Gasteiger partial charge in [-0.25, -0.2) is 0 Å². The SMILES string of the molecule is COc1cccc(C(C)N(C)C2COCC2C(=O)O)c1. The van der Waals surface area contributed by atoms with Crippen LogP contribution in [0.5, 0.6) is 5.75 Å². The van der Waals surface area contributed by atoms with E-state index in [-0.39, 0.29) is 18.7 Å². The van der Waals surface area contributed by atoms with E-state index in [1.165, 1.54) is 0 Å². The Bertz CT molecular complexity index is 477. The van der Waals surface area contributed by atoms with E-state index >= 15 is 0 Å². The molecule has 0 aromatic heterocycles. The first-order valence-corrected chi connectivity index (χ1v) is 6.71. The normalized spacial score (nSPS) is 23.8. The average Bonchev–Trinajstić information content (AvgIpc) is 2.95. The van der Waals surface area contributed by atoms with Crippen LogP contribution in [0.25, 0.3) is 0 Å². The Morgan fingerprint density at radius 2 is 2.25 bits per heavy atom. The first-order chi connectivity index (χ1) is 9.54. The summed E-state index contributed by atoms with van der Waals surface area (Å²) in [6, 6.07) is 7.84. The lowest BCUT2D eigenvalue weighted by Gasteiger charge is -2.32. The van der Waals surface area contributed by atoms with Crippen molar-refractivity contribution in [3.05, 3.63) is 29.8 Å². The lowest BCUT2D eigenvalue weighted by molar-refractivity contribution is -0.143. The quantitative estimate of drug-likeness (QED) is 0.890. The number of carboxylic acids is 1. The fraction of sp³-hybridized carbons (Fsp3) is 0.533. The van der Waals surface area contributed by atoms with Crippen molar-refractivity contribution in [1.82, 2.24) is 4.90 Å². The summed E-state index contributed by atoms with van der Waals surface area (Å²) in [5.74, 6) is -0.453. The van der Waals surface area contributed by atoms with Crippen LogP contribution in [0.4, 0.5) is 0 Å². The van der Waals surface area contributed by atoms with Crippen LogP contribution in [0, 0.1) is 5.92 Å². The Hall–Kier alpha value is -1.59. The molecule has 1 saturated heterocycles. The van der Waals surface area contributed by atoms with Gasteiger partial charge in [-0.1, -0.05) is 12.1 Å². The Morgan fingerprint density at radius 3 is 2.90 bits per heavy atom. The van der Waals surface area contributed by atoms with E-state index in [2.05, 4.69) is 11.8 Å². The van der Waals surface area contributed by atoms with Crippen molar-refractivity contribution >= 4 is 5.97 Å². The van der Waals surface area contributed by atoms with Gasteiger partial charge in [0.1, 0.15) is 5.75 Å².